The van der Waals surface area contributed by atoms with E-state index in [2.05, 4.69) is 12.2 Å². The van der Waals surface area contributed by atoms with Gasteiger partial charge in [0.05, 0.1) is 0 Å². The molecular formula is C5H10Si. The molecule has 0 atom stereocenters. The molecule has 1 rings (SSSR count). The zero-order valence-electron chi connectivity index (χ0n) is 4.15. The van der Waals surface area contributed by atoms with Gasteiger partial charge in [-0.25, -0.2) is 0 Å². The van der Waals surface area contributed by atoms with E-state index < -0.39 is 0 Å². The van der Waals surface area contributed by atoms with Gasteiger partial charge in [0.25, 0.3) is 0 Å². The Bertz CT molecular complexity index is 58.3. The first-order chi connectivity index (χ1) is 2.89. The molecule has 1 aliphatic rings. The van der Waals surface area contributed by atoms with Crippen LogP contribution < -0.4 is 0 Å². The molecular weight excluding hydrogens is 88.1 g/mol. The van der Waals surface area contributed by atoms with Crippen LogP contribution in [0.25, 0.3) is 0 Å². The molecule has 0 fully saturated rings. The first-order valence-corrected chi connectivity index (χ1v) is 3.70. The van der Waals surface area contributed by atoms with E-state index in [4.69, 9.17) is 0 Å². The van der Waals surface area contributed by atoms with Crippen molar-refractivity contribution in [1.82, 2.24) is 0 Å². The summed E-state index contributed by atoms with van der Waals surface area (Å²) in [5.74, 6) is 0. The largest absolute Gasteiger partial charge is 0.0886 e. The van der Waals surface area contributed by atoms with Crippen molar-refractivity contribution in [3.8, 4) is 0 Å². The van der Waals surface area contributed by atoms with Crippen LogP contribution in [0.3, 0.4) is 0 Å². The summed E-state index contributed by atoms with van der Waals surface area (Å²) < 4.78 is 0. The number of allylic oxidation sites excluding steroid dienone is 2. The van der Waals surface area contributed by atoms with Crippen LogP contribution in [-0.4, -0.2) is 10.2 Å². The van der Waals surface area contributed by atoms with Crippen LogP contribution in [0.5, 0.6) is 0 Å². The van der Waals surface area contributed by atoms with E-state index in [-0.39, 0.29) is 0 Å². The molecule has 0 saturated carbocycles. The average Bonchev–Trinajstić information content (AvgIpc) is 1.86. The Labute approximate surface area is 41.7 Å². The average molecular weight is 98.2 g/mol. The van der Waals surface area contributed by atoms with Crippen molar-refractivity contribution in [3.63, 3.8) is 0 Å². The minimum atomic E-state index is 1.07. The molecule has 0 nitrogen and oxygen atoms in total. The van der Waals surface area contributed by atoms with Gasteiger partial charge in [-0.1, -0.05) is 12.2 Å². The van der Waals surface area contributed by atoms with E-state index in [1.807, 2.05) is 0 Å². The molecule has 0 saturated heterocycles. The maximum Gasteiger partial charge on any atom is 0.00751 e. The van der Waals surface area contributed by atoms with Gasteiger partial charge in [0.1, 0.15) is 0 Å². The predicted molar refractivity (Wildman–Crippen MR) is 32.1 cm³/mol. The van der Waals surface area contributed by atoms with Crippen LogP contribution in [-0.2, 0) is 0 Å². The Hall–Kier alpha value is -0.0431. The van der Waals surface area contributed by atoms with Crippen LogP contribution in [0.2, 0.25) is 5.54 Å². The number of rotatable bonds is 0. The second kappa shape index (κ2) is 1.60. The fourth-order valence-electron chi connectivity index (χ4n) is 0.753. The lowest BCUT2D eigenvalue weighted by Crippen LogP contribution is -1.78. The normalized spacial score (nSPS) is 23.3. The van der Waals surface area contributed by atoms with Gasteiger partial charge in [-0.2, -0.15) is 0 Å². The second-order valence-corrected chi connectivity index (χ2v) is 3.68. The molecule has 0 aromatic rings. The molecule has 0 spiro atoms. The third-order valence-corrected chi connectivity index (χ3v) is 2.19. The molecule has 0 amide bonds. The zero-order chi connectivity index (χ0) is 4.41. The second-order valence-electron chi connectivity index (χ2n) is 2.05. The third kappa shape index (κ3) is 0.715. The summed E-state index contributed by atoms with van der Waals surface area (Å²) in [4.78, 5) is 0. The van der Waals surface area contributed by atoms with E-state index >= 15 is 0 Å². The van der Waals surface area contributed by atoms with Crippen molar-refractivity contribution >= 4 is 10.2 Å². The van der Waals surface area contributed by atoms with Gasteiger partial charge in [0.2, 0.25) is 0 Å². The molecule has 1 aliphatic carbocycles. The van der Waals surface area contributed by atoms with Crippen LogP contribution >= 0.6 is 0 Å². The van der Waals surface area contributed by atoms with Crippen molar-refractivity contribution < 1.29 is 0 Å². The molecule has 6 heavy (non-hydrogen) atoms. The summed E-state index contributed by atoms with van der Waals surface area (Å²) in [7, 11) is 1.39. The van der Waals surface area contributed by atoms with Crippen molar-refractivity contribution in [2.45, 2.75) is 18.4 Å². The Morgan fingerprint density at radius 1 is 1.33 bits per heavy atom. The lowest BCUT2D eigenvalue weighted by atomic mass is 10.3. The third-order valence-electron chi connectivity index (χ3n) is 1.24. The zero-order valence-corrected chi connectivity index (χ0v) is 6.15. The molecule has 34 valence electrons. The molecule has 0 aromatic carbocycles. The van der Waals surface area contributed by atoms with Gasteiger partial charge in [-0.05, 0) is 18.4 Å². The van der Waals surface area contributed by atoms with Crippen LogP contribution in [0, 0.1) is 0 Å². The van der Waals surface area contributed by atoms with Crippen LogP contribution in [0.15, 0.2) is 12.2 Å². The molecule has 0 N–H and O–H groups in total. The molecule has 0 aliphatic heterocycles. The lowest BCUT2D eigenvalue weighted by molar-refractivity contribution is 0.922. The highest BCUT2D eigenvalue weighted by Crippen LogP contribution is 2.18. The maximum atomic E-state index is 2.29. The first kappa shape index (κ1) is 4.12. The van der Waals surface area contributed by atoms with Gasteiger partial charge in [-0.15, -0.1) is 0 Å². The SMILES string of the molecule is [SiH3]C1CC=CC1. The smallest absolute Gasteiger partial charge is 0.00751 e. The van der Waals surface area contributed by atoms with Gasteiger partial charge < -0.3 is 0 Å². The Morgan fingerprint density at radius 3 is 2.00 bits per heavy atom. The molecule has 0 bridgehead atoms. The Balaban J connectivity index is 2.32. The minimum Gasteiger partial charge on any atom is -0.0886 e. The van der Waals surface area contributed by atoms with Crippen LogP contribution in [0.1, 0.15) is 12.8 Å². The maximum absolute atomic E-state index is 2.29. The highest BCUT2D eigenvalue weighted by Gasteiger charge is 2.00. The van der Waals surface area contributed by atoms with Gasteiger partial charge in [0, 0.05) is 10.2 Å². The summed E-state index contributed by atoms with van der Waals surface area (Å²) in [6.45, 7) is 0. The topological polar surface area (TPSA) is 0 Å². The van der Waals surface area contributed by atoms with Crippen molar-refractivity contribution in [2.75, 3.05) is 0 Å². The monoisotopic (exact) mass is 98.1 g/mol. The number of hydrogen-bond donors (Lipinski definition) is 0. The lowest BCUT2D eigenvalue weighted by Gasteiger charge is -1.91. The highest BCUT2D eigenvalue weighted by molar-refractivity contribution is 6.12. The highest BCUT2D eigenvalue weighted by atomic mass is 28.1. The molecule has 0 radical (unpaired) electrons. The standard InChI is InChI=1S/C5H10Si/c6-5-3-1-2-4-5/h1-2,5H,3-4H2,6H3. The molecule has 0 aromatic heterocycles. The van der Waals surface area contributed by atoms with Crippen molar-refractivity contribution in [1.29, 1.82) is 0 Å². The fourth-order valence-corrected chi connectivity index (χ4v) is 1.30. The van der Waals surface area contributed by atoms with E-state index in [9.17, 15) is 0 Å². The van der Waals surface area contributed by atoms with Gasteiger partial charge in [-0.3, -0.25) is 0 Å². The Kier molecular flexibility index (Phi) is 1.10. The molecule has 1 heteroatoms. The van der Waals surface area contributed by atoms with E-state index in [1.54, 1.807) is 0 Å². The molecule has 0 unspecified atom stereocenters. The number of hydrogen-bond acceptors (Lipinski definition) is 0. The summed E-state index contributed by atoms with van der Waals surface area (Å²) in [6.07, 6.45) is 7.31. The first-order valence-electron chi connectivity index (χ1n) is 2.54. The minimum absolute atomic E-state index is 1.07. The fraction of sp³-hybridized carbons (Fsp3) is 0.600. The van der Waals surface area contributed by atoms with Crippen molar-refractivity contribution in [2.24, 2.45) is 0 Å². The summed E-state index contributed by atoms with van der Waals surface area (Å²) in [6, 6.07) is 0. The van der Waals surface area contributed by atoms with E-state index in [1.165, 1.54) is 23.1 Å². The summed E-state index contributed by atoms with van der Waals surface area (Å²) in [5.41, 5.74) is 1.07. The Morgan fingerprint density at radius 2 is 1.83 bits per heavy atom. The quantitative estimate of drug-likeness (QED) is 0.305. The van der Waals surface area contributed by atoms with Crippen molar-refractivity contribution in [3.05, 3.63) is 12.2 Å². The van der Waals surface area contributed by atoms with Gasteiger partial charge >= 0.3 is 0 Å². The van der Waals surface area contributed by atoms with Gasteiger partial charge in [0.15, 0.2) is 0 Å². The van der Waals surface area contributed by atoms with E-state index in [0.717, 1.165) is 5.54 Å². The predicted octanol–water partition coefficient (Wildman–Crippen LogP) is 0.490. The summed E-state index contributed by atoms with van der Waals surface area (Å²) in [5, 5.41) is 0. The van der Waals surface area contributed by atoms with Crippen LogP contribution in [0.4, 0.5) is 0 Å². The molecule has 0 heterocycles. The van der Waals surface area contributed by atoms with E-state index in [0.29, 0.717) is 0 Å². The summed E-state index contributed by atoms with van der Waals surface area (Å²) >= 11 is 0.